The van der Waals surface area contributed by atoms with Crippen molar-refractivity contribution in [3.63, 3.8) is 0 Å². The van der Waals surface area contributed by atoms with E-state index in [9.17, 15) is 16.8 Å². The molecule has 11 rings (SSSR count). The van der Waals surface area contributed by atoms with Gasteiger partial charge in [-0.05, 0) is 189 Å². The van der Waals surface area contributed by atoms with Crippen molar-refractivity contribution in [3.8, 4) is 11.3 Å². The zero-order valence-electron chi connectivity index (χ0n) is 44.0. The normalized spacial score (nSPS) is 17.2. The van der Waals surface area contributed by atoms with Crippen molar-refractivity contribution in [2.45, 2.75) is 137 Å². The molecular weight excluding hydrogens is 1130 g/mol. The summed E-state index contributed by atoms with van der Waals surface area (Å²) in [6.07, 6.45) is 23.0. The van der Waals surface area contributed by atoms with Crippen LogP contribution in [0, 0.1) is 0 Å². The van der Waals surface area contributed by atoms with Crippen molar-refractivity contribution >= 4 is 77.8 Å². The molecule has 21 heteroatoms. The third kappa shape index (κ3) is 17.0. The monoisotopic (exact) mass is 1200 g/mol. The number of rotatable bonds is 15. The average Bonchev–Trinajstić information content (AvgIpc) is 4.39. The van der Waals surface area contributed by atoms with Crippen molar-refractivity contribution in [1.82, 2.24) is 28.5 Å². The predicted molar refractivity (Wildman–Crippen MR) is 310 cm³/mol. The highest BCUT2D eigenvalue weighted by molar-refractivity contribution is 9.11. The van der Waals surface area contributed by atoms with Crippen LogP contribution in [0.2, 0.25) is 5.82 Å². The third-order valence-electron chi connectivity index (χ3n) is 14.0. The number of allylic oxidation sites excluding steroid dienone is 1. The molecule has 4 heterocycles. The molecule has 0 amide bonds. The molecule has 3 saturated carbocycles. The van der Waals surface area contributed by atoms with E-state index in [1.54, 1.807) is 24.3 Å². The van der Waals surface area contributed by atoms with Gasteiger partial charge in [0, 0.05) is 42.7 Å². The maximum atomic E-state index is 12.3. The standard InChI is InChI=1S/C21H28BNO4S.C21H23N3O2S.C6H7BrN2.C4H4BrN.C3H7BO2/c1-20(2)21(3,4)27-22(26-20)19-15-18(28(24,25)23-5)14-13-17(19)12-11-16-9-7-6-8-10-16;1-22-27(25,26)19-12-9-17(8-7-16-5-3-2-4-6-16)20(13-19)21-14-24(15-23-21)18-10-11-18;7-6-3-9(4-8-6)5-1-2-5;5-4-2-1-3-6-4;5-4(6)3-1-2-3/h6-10,13-15,23H,11-12H2,1-5H3;2-6,9,12-15,18,22H,7-8,10-11H2,1H3;3-5H,1-2H2;2-3H,1H2;3,5-6H,1-2H2. The SMILES string of the molecule is BrC1=CCC=N1.Brc1cn(C2CC2)cn1.CNS(=O)(=O)c1ccc(CCc2ccccc2)c(-c2cn(C3CC3)cn2)c1.CNS(=O)(=O)c1ccc(CCc2ccccc2)c(B2OC(C)(C)C(C)(C)O2)c1.OB(O)C1CC1. The molecule has 5 aliphatic rings. The fourth-order valence-corrected chi connectivity index (χ4v) is 10.3. The lowest BCUT2D eigenvalue weighted by Crippen LogP contribution is -2.41. The van der Waals surface area contributed by atoms with Gasteiger partial charge < -0.3 is 28.5 Å². The van der Waals surface area contributed by atoms with Gasteiger partial charge in [-0.2, -0.15) is 0 Å². The number of nitrogens with zero attached hydrogens (tertiary/aromatic N) is 5. The van der Waals surface area contributed by atoms with Crippen LogP contribution in [0.25, 0.3) is 11.3 Å². The number of imidazole rings is 2. The van der Waals surface area contributed by atoms with Crippen molar-refractivity contribution < 1.29 is 36.2 Å². The fraction of sp³-hybridized carbons (Fsp3) is 0.400. The van der Waals surface area contributed by atoms with Crippen LogP contribution in [0.3, 0.4) is 0 Å². The van der Waals surface area contributed by atoms with Crippen LogP contribution in [0.1, 0.15) is 107 Å². The number of aryl methyl sites for hydroxylation is 4. The van der Waals surface area contributed by atoms with Crippen LogP contribution in [0.5, 0.6) is 0 Å². The molecule has 2 aromatic heterocycles. The van der Waals surface area contributed by atoms with Crippen molar-refractivity contribution in [2.75, 3.05) is 14.1 Å². The molecule has 4 fully saturated rings. The van der Waals surface area contributed by atoms with Gasteiger partial charge in [0.05, 0.1) is 39.3 Å². The van der Waals surface area contributed by atoms with Gasteiger partial charge >= 0.3 is 14.2 Å². The van der Waals surface area contributed by atoms with Crippen LogP contribution in [0.4, 0.5) is 0 Å². The van der Waals surface area contributed by atoms with Gasteiger partial charge in [0.1, 0.15) is 9.21 Å². The molecule has 1 saturated heterocycles. The molecule has 4 aromatic carbocycles. The van der Waals surface area contributed by atoms with Gasteiger partial charge in [0.25, 0.3) is 0 Å². The topological polar surface area (TPSA) is 199 Å². The van der Waals surface area contributed by atoms with E-state index in [-0.39, 0.29) is 15.6 Å². The Labute approximate surface area is 466 Å². The van der Waals surface area contributed by atoms with E-state index in [2.05, 4.69) is 89.7 Å². The molecule has 2 aliphatic heterocycles. The molecule has 0 unspecified atom stereocenters. The molecule has 0 radical (unpaired) electrons. The number of hydrogen-bond donors (Lipinski definition) is 4. The second-order valence-electron chi connectivity index (χ2n) is 20.3. The van der Waals surface area contributed by atoms with Crippen LogP contribution in [0.15, 0.2) is 152 Å². The maximum absolute atomic E-state index is 12.3. The summed E-state index contributed by atoms with van der Waals surface area (Å²) in [7, 11) is -5.85. The molecule has 15 nitrogen and oxygen atoms in total. The summed E-state index contributed by atoms with van der Waals surface area (Å²) in [5, 5.41) is 16.5. The van der Waals surface area contributed by atoms with E-state index in [4.69, 9.17) is 19.4 Å². The Kier molecular flexibility index (Phi) is 20.5. The minimum Gasteiger partial charge on any atom is -0.427 e. The van der Waals surface area contributed by atoms with Crippen LogP contribution in [-0.4, -0.2) is 91.7 Å². The van der Waals surface area contributed by atoms with E-state index in [0.29, 0.717) is 6.04 Å². The predicted octanol–water partition coefficient (Wildman–Crippen LogP) is 9.56. The highest BCUT2D eigenvalue weighted by atomic mass is 79.9. The number of benzene rings is 4. The number of aliphatic imine (C=N–C) groups is 1. The van der Waals surface area contributed by atoms with Gasteiger partial charge in [0.15, 0.2) is 0 Å². The second-order valence-corrected chi connectivity index (χ2v) is 25.7. The highest BCUT2D eigenvalue weighted by Crippen LogP contribution is 2.39. The summed E-state index contributed by atoms with van der Waals surface area (Å²) < 4.78 is 72.5. The zero-order chi connectivity index (χ0) is 54.7. The largest absolute Gasteiger partial charge is 0.495 e. The quantitative estimate of drug-likeness (QED) is 0.0567. The highest BCUT2D eigenvalue weighted by Gasteiger charge is 2.52. The number of halogens is 2. The summed E-state index contributed by atoms with van der Waals surface area (Å²) in [6, 6.07) is 32.3. The summed E-state index contributed by atoms with van der Waals surface area (Å²) >= 11 is 6.50. The number of sulfonamides is 2. The molecule has 76 heavy (non-hydrogen) atoms. The number of aromatic nitrogens is 4. The lowest BCUT2D eigenvalue weighted by atomic mass is 9.75. The van der Waals surface area contributed by atoms with Crippen LogP contribution < -0.4 is 14.9 Å². The smallest absolute Gasteiger partial charge is 0.427 e. The summed E-state index contributed by atoms with van der Waals surface area (Å²) in [5.41, 5.74) is 6.13. The number of hydrogen-bond acceptors (Lipinski definition) is 11. The molecule has 6 aromatic rings. The van der Waals surface area contributed by atoms with E-state index < -0.39 is 45.5 Å². The first kappa shape index (κ1) is 59.1. The molecule has 0 atom stereocenters. The van der Waals surface area contributed by atoms with Gasteiger partial charge in [-0.1, -0.05) is 85.6 Å². The molecule has 404 valence electrons. The Morgan fingerprint density at radius 3 is 1.59 bits per heavy atom. The lowest BCUT2D eigenvalue weighted by Gasteiger charge is -2.32. The molecule has 3 aliphatic carbocycles. The fourth-order valence-electron chi connectivity index (χ4n) is 8.09. The van der Waals surface area contributed by atoms with Gasteiger partial charge in [-0.3, -0.25) is 4.99 Å². The van der Waals surface area contributed by atoms with E-state index in [1.165, 1.54) is 50.9 Å². The van der Waals surface area contributed by atoms with Gasteiger partial charge in [-0.15, -0.1) is 0 Å². The zero-order valence-corrected chi connectivity index (χ0v) is 48.8. The van der Waals surface area contributed by atoms with Gasteiger partial charge in [0.2, 0.25) is 20.0 Å². The van der Waals surface area contributed by atoms with Crippen molar-refractivity contribution in [2.24, 2.45) is 4.99 Å². The molecule has 0 bridgehead atoms. The Balaban J connectivity index is 0.000000160. The number of nitrogens with one attached hydrogen (secondary N) is 2. The summed E-state index contributed by atoms with van der Waals surface area (Å²) in [6.45, 7) is 7.96. The summed E-state index contributed by atoms with van der Waals surface area (Å²) in [4.78, 5) is 13.0. The van der Waals surface area contributed by atoms with E-state index in [0.717, 1.165) is 88.0 Å². The third-order valence-corrected chi connectivity index (χ3v) is 17.7. The lowest BCUT2D eigenvalue weighted by molar-refractivity contribution is 0.00578. The first-order chi connectivity index (χ1) is 36.2. The molecule has 0 spiro atoms. The second kappa shape index (κ2) is 26.4. The maximum Gasteiger partial charge on any atom is 0.495 e. The van der Waals surface area contributed by atoms with Crippen LogP contribution >= 0.6 is 31.9 Å². The molecular formula is C55H69B2Br2N7O8S2. The first-order valence-electron chi connectivity index (χ1n) is 25.7. The van der Waals surface area contributed by atoms with Crippen molar-refractivity contribution in [3.05, 3.63) is 160 Å². The first-order valence-corrected chi connectivity index (χ1v) is 30.3. The van der Waals surface area contributed by atoms with E-state index >= 15 is 0 Å². The molecule has 4 N–H and O–H groups in total. The Bertz CT molecular complexity index is 3130. The Morgan fingerprint density at radius 1 is 0.671 bits per heavy atom. The Morgan fingerprint density at radius 2 is 1.17 bits per heavy atom. The van der Waals surface area contributed by atoms with Crippen molar-refractivity contribution in [1.29, 1.82) is 0 Å². The van der Waals surface area contributed by atoms with E-state index in [1.807, 2.05) is 114 Å². The average molecular weight is 1200 g/mol. The minimum atomic E-state index is -3.55. The minimum absolute atomic E-state index is 0.211. The van der Waals surface area contributed by atoms with Gasteiger partial charge in [-0.25, -0.2) is 36.2 Å². The van der Waals surface area contributed by atoms with Crippen LogP contribution in [-0.2, 0) is 55.0 Å². The Hall–Kier alpha value is -4.54. The summed E-state index contributed by atoms with van der Waals surface area (Å²) in [5.74, 6) is 0.213.